The van der Waals surface area contributed by atoms with Gasteiger partial charge in [0.2, 0.25) is 0 Å². The Labute approximate surface area is 187 Å². The van der Waals surface area contributed by atoms with Crippen molar-refractivity contribution in [2.24, 2.45) is 0 Å². The lowest BCUT2D eigenvalue weighted by atomic mass is 10.1. The molecule has 0 saturated carbocycles. The summed E-state index contributed by atoms with van der Waals surface area (Å²) in [6.45, 7) is 3.07. The van der Waals surface area contributed by atoms with E-state index in [1.807, 2.05) is 54.6 Å². The van der Waals surface area contributed by atoms with Gasteiger partial charge in [0.25, 0.3) is 5.91 Å². The predicted molar refractivity (Wildman–Crippen MR) is 123 cm³/mol. The third-order valence-corrected chi connectivity index (χ3v) is 5.87. The molecule has 1 unspecified atom stereocenters. The van der Waals surface area contributed by atoms with Crippen LogP contribution in [0.1, 0.15) is 40.6 Å². The number of benzene rings is 2. The molecule has 1 amide bonds. The van der Waals surface area contributed by atoms with E-state index in [1.54, 1.807) is 13.3 Å². The van der Waals surface area contributed by atoms with Crippen molar-refractivity contribution < 1.29 is 14.3 Å². The number of rotatable bonds is 6. The molecule has 32 heavy (non-hydrogen) atoms. The molecule has 0 aliphatic carbocycles. The third kappa shape index (κ3) is 4.24. The quantitative estimate of drug-likeness (QED) is 0.602. The molecule has 1 saturated heterocycles. The van der Waals surface area contributed by atoms with E-state index in [-0.39, 0.29) is 12.1 Å². The summed E-state index contributed by atoms with van der Waals surface area (Å²) in [6.07, 6.45) is 3.86. The minimum absolute atomic E-state index is 0.182. The highest BCUT2D eigenvalue weighted by molar-refractivity contribution is 6.04. The molecule has 2 aliphatic rings. The molecule has 1 aromatic heterocycles. The van der Waals surface area contributed by atoms with E-state index >= 15 is 0 Å². The van der Waals surface area contributed by atoms with Crippen LogP contribution in [0.25, 0.3) is 0 Å². The van der Waals surface area contributed by atoms with Crippen molar-refractivity contribution in [3.8, 4) is 11.5 Å². The Bertz CT molecular complexity index is 1100. The van der Waals surface area contributed by atoms with Gasteiger partial charge in [-0.05, 0) is 62.3 Å². The maximum atomic E-state index is 12.9. The molecule has 3 aromatic rings. The summed E-state index contributed by atoms with van der Waals surface area (Å²) in [5.41, 5.74) is 3.26. The highest BCUT2D eigenvalue weighted by Gasteiger charge is 2.24. The largest absolute Gasteiger partial charge is 0.496 e. The fraction of sp³-hybridized carbons (Fsp3) is 0.280. The van der Waals surface area contributed by atoms with Crippen LogP contribution in [0.2, 0.25) is 0 Å². The van der Waals surface area contributed by atoms with Crippen molar-refractivity contribution in [2.75, 3.05) is 30.8 Å². The van der Waals surface area contributed by atoms with Gasteiger partial charge in [0, 0.05) is 35.1 Å². The molecule has 7 nitrogen and oxygen atoms in total. The molecular formula is C25H26N4O3. The normalized spacial score (nSPS) is 17.3. The summed E-state index contributed by atoms with van der Waals surface area (Å²) in [7, 11) is 1.65. The van der Waals surface area contributed by atoms with Gasteiger partial charge in [-0.25, -0.2) is 4.98 Å². The summed E-state index contributed by atoms with van der Waals surface area (Å²) in [6, 6.07) is 17.0. The van der Waals surface area contributed by atoms with E-state index < -0.39 is 0 Å². The van der Waals surface area contributed by atoms with Crippen LogP contribution in [0.3, 0.4) is 0 Å². The number of amides is 1. The zero-order valence-electron chi connectivity index (χ0n) is 18.0. The molecule has 1 atom stereocenters. The summed E-state index contributed by atoms with van der Waals surface area (Å²) >= 11 is 0. The standard InChI is InChI=1S/C25H26N4O3/c1-31-22-15-17(9-10-19(22)16-29-12-2-3-13-29)24(30)27-20-7-4-6-18(14-20)25-28-23-21(32-25)8-5-11-26-23/h4-11,14-15,25H,2-3,12-13,16H2,1H3,(H,26,28)(H,27,30). The molecule has 2 aliphatic heterocycles. The van der Waals surface area contributed by atoms with Crippen LogP contribution < -0.4 is 20.1 Å². The minimum Gasteiger partial charge on any atom is -0.496 e. The Morgan fingerprint density at radius 2 is 2.06 bits per heavy atom. The van der Waals surface area contributed by atoms with Crippen LogP contribution in [-0.4, -0.2) is 36.0 Å². The SMILES string of the molecule is COc1cc(C(=O)Nc2cccc(C3Nc4ncccc4O3)c2)ccc1CN1CCCC1. The number of hydrogen-bond donors (Lipinski definition) is 2. The average molecular weight is 431 g/mol. The molecule has 0 bridgehead atoms. The van der Waals surface area contributed by atoms with Crippen LogP contribution >= 0.6 is 0 Å². The second-order valence-corrected chi connectivity index (χ2v) is 8.08. The van der Waals surface area contributed by atoms with Crippen molar-refractivity contribution in [3.05, 3.63) is 77.5 Å². The zero-order valence-corrected chi connectivity index (χ0v) is 18.0. The van der Waals surface area contributed by atoms with Crippen LogP contribution in [-0.2, 0) is 6.54 Å². The number of carbonyl (C=O) groups excluding carboxylic acids is 1. The lowest BCUT2D eigenvalue weighted by molar-refractivity contribution is 0.102. The Hall–Kier alpha value is -3.58. The van der Waals surface area contributed by atoms with Crippen molar-refractivity contribution in [1.82, 2.24) is 9.88 Å². The van der Waals surface area contributed by atoms with Gasteiger partial charge in [0.15, 0.2) is 17.8 Å². The number of likely N-dealkylation sites (tertiary alicyclic amines) is 1. The first-order valence-corrected chi connectivity index (χ1v) is 10.9. The number of ether oxygens (including phenoxy) is 2. The van der Waals surface area contributed by atoms with Gasteiger partial charge in [-0.2, -0.15) is 0 Å². The van der Waals surface area contributed by atoms with E-state index in [1.165, 1.54) is 12.8 Å². The van der Waals surface area contributed by atoms with E-state index in [0.717, 1.165) is 36.5 Å². The fourth-order valence-corrected chi connectivity index (χ4v) is 4.21. The van der Waals surface area contributed by atoms with Crippen LogP contribution in [0.4, 0.5) is 11.5 Å². The Morgan fingerprint density at radius 3 is 2.88 bits per heavy atom. The summed E-state index contributed by atoms with van der Waals surface area (Å²) in [4.78, 5) is 19.6. The lowest BCUT2D eigenvalue weighted by Crippen LogP contribution is -2.19. The summed E-state index contributed by atoms with van der Waals surface area (Å²) < 4.78 is 11.5. The zero-order chi connectivity index (χ0) is 21.9. The fourth-order valence-electron chi connectivity index (χ4n) is 4.21. The lowest BCUT2D eigenvalue weighted by Gasteiger charge is -2.17. The van der Waals surface area contributed by atoms with E-state index in [0.29, 0.717) is 22.8 Å². The number of nitrogens with one attached hydrogen (secondary N) is 2. The summed E-state index contributed by atoms with van der Waals surface area (Å²) in [5.74, 6) is 1.99. The first-order valence-electron chi connectivity index (χ1n) is 10.9. The van der Waals surface area contributed by atoms with Gasteiger partial charge in [0.1, 0.15) is 5.75 Å². The Balaban J connectivity index is 1.28. The van der Waals surface area contributed by atoms with Gasteiger partial charge in [-0.3, -0.25) is 9.69 Å². The summed E-state index contributed by atoms with van der Waals surface area (Å²) in [5, 5.41) is 6.23. The number of pyridine rings is 1. The molecule has 2 N–H and O–H groups in total. The van der Waals surface area contributed by atoms with Gasteiger partial charge in [0.05, 0.1) is 7.11 Å². The van der Waals surface area contributed by atoms with Crippen molar-refractivity contribution in [3.63, 3.8) is 0 Å². The van der Waals surface area contributed by atoms with E-state index in [4.69, 9.17) is 9.47 Å². The molecule has 7 heteroatoms. The molecular weight excluding hydrogens is 404 g/mol. The number of carbonyl (C=O) groups is 1. The van der Waals surface area contributed by atoms with Crippen LogP contribution in [0.15, 0.2) is 60.8 Å². The second-order valence-electron chi connectivity index (χ2n) is 8.08. The second kappa shape index (κ2) is 8.88. The molecule has 5 rings (SSSR count). The van der Waals surface area contributed by atoms with Gasteiger partial charge >= 0.3 is 0 Å². The number of anilines is 2. The van der Waals surface area contributed by atoms with Crippen molar-refractivity contribution in [1.29, 1.82) is 0 Å². The Kier molecular flexibility index (Phi) is 5.64. The smallest absolute Gasteiger partial charge is 0.255 e. The number of nitrogens with zero attached hydrogens (tertiary/aromatic N) is 2. The minimum atomic E-state index is -0.346. The van der Waals surface area contributed by atoms with Crippen LogP contribution in [0.5, 0.6) is 11.5 Å². The monoisotopic (exact) mass is 430 g/mol. The van der Waals surface area contributed by atoms with Crippen molar-refractivity contribution >= 4 is 17.4 Å². The predicted octanol–water partition coefficient (Wildman–Crippen LogP) is 4.44. The molecule has 3 heterocycles. The first kappa shape index (κ1) is 20.3. The topological polar surface area (TPSA) is 75.7 Å². The maximum absolute atomic E-state index is 12.9. The number of methoxy groups -OCH3 is 1. The van der Waals surface area contributed by atoms with Gasteiger partial charge in [-0.15, -0.1) is 0 Å². The number of aromatic nitrogens is 1. The molecule has 2 aromatic carbocycles. The Morgan fingerprint density at radius 1 is 1.19 bits per heavy atom. The number of hydrogen-bond acceptors (Lipinski definition) is 6. The average Bonchev–Trinajstić information content (AvgIpc) is 3.49. The van der Waals surface area contributed by atoms with E-state index in [2.05, 4.69) is 20.5 Å². The molecule has 1 fully saturated rings. The maximum Gasteiger partial charge on any atom is 0.255 e. The molecule has 0 radical (unpaired) electrons. The van der Waals surface area contributed by atoms with Crippen LogP contribution in [0, 0.1) is 0 Å². The third-order valence-electron chi connectivity index (χ3n) is 5.87. The first-order chi connectivity index (χ1) is 15.7. The van der Waals surface area contributed by atoms with Crippen molar-refractivity contribution in [2.45, 2.75) is 25.6 Å². The number of fused-ring (bicyclic) bond motifs is 1. The molecule has 0 spiro atoms. The van der Waals surface area contributed by atoms with Gasteiger partial charge < -0.3 is 20.1 Å². The molecule has 164 valence electrons. The van der Waals surface area contributed by atoms with Gasteiger partial charge in [-0.1, -0.05) is 18.2 Å². The highest BCUT2D eigenvalue weighted by Crippen LogP contribution is 2.36. The van der Waals surface area contributed by atoms with E-state index in [9.17, 15) is 4.79 Å². The highest BCUT2D eigenvalue weighted by atomic mass is 16.5.